The first-order valence-corrected chi connectivity index (χ1v) is 13.3. The Morgan fingerprint density at radius 2 is 1.17 bits per heavy atom. The number of carboxylic acids is 1. The summed E-state index contributed by atoms with van der Waals surface area (Å²) >= 11 is 0. The molecule has 3 aromatic carbocycles. The normalized spacial score (nSPS) is 12.6. The van der Waals surface area contributed by atoms with Crippen LogP contribution in [-0.4, -0.2) is 35.0 Å². The average Bonchev–Trinajstić information content (AvgIpc) is 2.80. The third-order valence-corrected chi connectivity index (χ3v) is 10.0. The number of ether oxygens (including phenoxy) is 1. The van der Waals surface area contributed by atoms with E-state index in [1.807, 2.05) is 0 Å². The lowest BCUT2D eigenvalue weighted by molar-refractivity contribution is -0.139. The molecule has 0 aromatic heterocycles. The number of carbonyl (C=O) groups excluding carboxylic acids is 1. The van der Waals surface area contributed by atoms with Crippen LogP contribution in [0, 0.1) is 17.5 Å². The van der Waals surface area contributed by atoms with Gasteiger partial charge in [0.2, 0.25) is 0 Å². The molecular weight excluding hydrogens is 490 g/mol. The van der Waals surface area contributed by atoms with Crippen molar-refractivity contribution in [1.82, 2.24) is 5.32 Å². The van der Waals surface area contributed by atoms with E-state index in [0.717, 1.165) is 0 Å². The standard InChI is InChI=1S/C27H27F3NO4P/c1-27(2,3)35-26(34)31-24(25(32)33)16-17-36(21-10-4-18(28)5-11-21,22-12-6-19(29)7-13-22)23-14-8-20(30)9-15-23/h4-15,24H,16-17H2,1-3H3,(H-,31,32,33,34)/p+1. The van der Waals surface area contributed by atoms with Gasteiger partial charge in [-0.2, -0.15) is 0 Å². The topological polar surface area (TPSA) is 75.6 Å². The van der Waals surface area contributed by atoms with Crippen LogP contribution in [0.2, 0.25) is 0 Å². The SMILES string of the molecule is CC(C)(C)OC(=O)NC(CC[P+](c1ccc(F)cc1)(c1ccc(F)cc1)c1ccc(F)cc1)C(=O)O. The first-order valence-electron chi connectivity index (χ1n) is 11.3. The summed E-state index contributed by atoms with van der Waals surface area (Å²) in [5.74, 6) is -2.61. The summed E-state index contributed by atoms with van der Waals surface area (Å²) in [7, 11) is -2.75. The molecule has 0 saturated heterocycles. The average molecular weight is 518 g/mol. The fraction of sp³-hybridized carbons (Fsp3) is 0.259. The smallest absolute Gasteiger partial charge is 0.408 e. The van der Waals surface area contributed by atoms with E-state index in [1.54, 1.807) is 57.2 Å². The van der Waals surface area contributed by atoms with E-state index in [-0.39, 0.29) is 12.6 Å². The van der Waals surface area contributed by atoms with Crippen molar-refractivity contribution in [2.45, 2.75) is 38.8 Å². The van der Waals surface area contributed by atoms with Crippen molar-refractivity contribution < 1.29 is 32.6 Å². The number of carbonyl (C=O) groups is 2. The summed E-state index contributed by atoms with van der Waals surface area (Å²) in [6, 6.07) is 16.1. The predicted molar refractivity (Wildman–Crippen MR) is 135 cm³/mol. The van der Waals surface area contributed by atoms with E-state index >= 15 is 0 Å². The highest BCUT2D eigenvalue weighted by molar-refractivity contribution is 7.95. The number of carboxylic acid groups (broad SMARTS) is 1. The molecule has 3 rings (SSSR count). The van der Waals surface area contributed by atoms with Gasteiger partial charge in [0.1, 0.15) is 52.3 Å². The largest absolute Gasteiger partial charge is 0.480 e. The molecule has 9 heteroatoms. The number of hydrogen-bond donors (Lipinski definition) is 2. The van der Waals surface area contributed by atoms with Gasteiger partial charge < -0.3 is 15.2 Å². The highest BCUT2D eigenvalue weighted by Gasteiger charge is 2.46. The van der Waals surface area contributed by atoms with Gasteiger partial charge in [-0.05, 0) is 93.6 Å². The minimum atomic E-state index is -2.75. The monoisotopic (exact) mass is 518 g/mol. The number of halogens is 3. The number of rotatable bonds is 8. The maximum absolute atomic E-state index is 13.9. The first-order chi connectivity index (χ1) is 16.9. The Hall–Kier alpha value is -3.38. The lowest BCUT2D eigenvalue weighted by Gasteiger charge is -2.29. The van der Waals surface area contributed by atoms with Crippen molar-refractivity contribution in [3.8, 4) is 0 Å². The highest BCUT2D eigenvalue weighted by atomic mass is 31.2. The zero-order valence-electron chi connectivity index (χ0n) is 20.2. The van der Waals surface area contributed by atoms with Gasteiger partial charge in [-0.1, -0.05) is 0 Å². The second-order valence-electron chi connectivity index (χ2n) is 9.29. The minimum absolute atomic E-state index is 0.0194. The van der Waals surface area contributed by atoms with Crippen molar-refractivity contribution in [3.05, 3.63) is 90.2 Å². The lowest BCUT2D eigenvalue weighted by Crippen LogP contribution is -2.45. The van der Waals surface area contributed by atoms with Crippen LogP contribution >= 0.6 is 7.26 Å². The molecule has 0 aliphatic heterocycles. The summed E-state index contributed by atoms with van der Waals surface area (Å²) in [5.41, 5.74) is -0.819. The molecule has 0 aliphatic rings. The van der Waals surface area contributed by atoms with Crippen LogP contribution in [0.5, 0.6) is 0 Å². The van der Waals surface area contributed by atoms with Gasteiger partial charge in [0.25, 0.3) is 0 Å². The molecule has 0 heterocycles. The fourth-order valence-electron chi connectivity index (χ4n) is 3.95. The van der Waals surface area contributed by atoms with E-state index in [1.165, 1.54) is 36.4 Å². The van der Waals surface area contributed by atoms with Gasteiger partial charge in [-0.25, -0.2) is 22.8 Å². The molecule has 0 saturated carbocycles. The third kappa shape index (κ3) is 6.64. The van der Waals surface area contributed by atoms with Crippen molar-refractivity contribution in [2.75, 3.05) is 6.16 Å². The predicted octanol–water partition coefficient (Wildman–Crippen LogP) is 4.77. The molecule has 190 valence electrons. The third-order valence-electron chi connectivity index (χ3n) is 5.54. The maximum atomic E-state index is 13.9. The highest BCUT2D eigenvalue weighted by Crippen LogP contribution is 2.56. The lowest BCUT2D eigenvalue weighted by atomic mass is 10.2. The van der Waals surface area contributed by atoms with E-state index < -0.39 is 48.4 Å². The van der Waals surface area contributed by atoms with E-state index in [0.29, 0.717) is 15.9 Å². The summed E-state index contributed by atoms with van der Waals surface area (Å²) in [6.45, 7) is 4.99. The van der Waals surface area contributed by atoms with Gasteiger partial charge in [-0.15, -0.1) is 0 Å². The Bertz CT molecular complexity index is 1080. The van der Waals surface area contributed by atoms with Crippen LogP contribution in [0.25, 0.3) is 0 Å². The number of benzene rings is 3. The van der Waals surface area contributed by atoms with Gasteiger partial charge in [0.05, 0.1) is 6.16 Å². The minimum Gasteiger partial charge on any atom is -0.480 e. The molecule has 2 N–H and O–H groups in total. The molecule has 1 amide bonds. The van der Waals surface area contributed by atoms with Crippen LogP contribution < -0.4 is 21.2 Å². The summed E-state index contributed by atoms with van der Waals surface area (Å²) in [5, 5.41) is 14.3. The molecule has 0 radical (unpaired) electrons. The maximum Gasteiger partial charge on any atom is 0.408 e. The molecule has 0 spiro atoms. The van der Waals surface area contributed by atoms with Crippen LogP contribution in [-0.2, 0) is 9.53 Å². The summed E-state index contributed by atoms with van der Waals surface area (Å²) in [6.07, 6.45) is -0.680. The second kappa shape index (κ2) is 11.1. The molecule has 0 fully saturated rings. The van der Waals surface area contributed by atoms with Gasteiger partial charge in [0.15, 0.2) is 0 Å². The molecule has 1 atom stereocenters. The quantitative estimate of drug-likeness (QED) is 0.422. The first kappa shape index (κ1) is 27.2. The van der Waals surface area contributed by atoms with Crippen LogP contribution in [0.3, 0.4) is 0 Å². The van der Waals surface area contributed by atoms with Crippen molar-refractivity contribution in [2.24, 2.45) is 0 Å². The van der Waals surface area contributed by atoms with Crippen molar-refractivity contribution in [3.63, 3.8) is 0 Å². The van der Waals surface area contributed by atoms with Crippen LogP contribution in [0.1, 0.15) is 27.2 Å². The number of aliphatic carboxylic acids is 1. The number of nitrogens with one attached hydrogen (secondary N) is 1. The van der Waals surface area contributed by atoms with E-state index in [2.05, 4.69) is 5.32 Å². The molecule has 1 unspecified atom stereocenters. The number of hydrogen-bond acceptors (Lipinski definition) is 3. The van der Waals surface area contributed by atoms with Crippen LogP contribution in [0.4, 0.5) is 18.0 Å². The van der Waals surface area contributed by atoms with E-state index in [9.17, 15) is 27.9 Å². The van der Waals surface area contributed by atoms with Gasteiger partial charge in [-0.3, -0.25) is 0 Å². The molecule has 0 aliphatic carbocycles. The Balaban J connectivity index is 2.11. The number of amides is 1. The Kier molecular flexibility index (Phi) is 8.41. The van der Waals surface area contributed by atoms with Gasteiger partial charge in [0, 0.05) is 6.42 Å². The van der Waals surface area contributed by atoms with Crippen molar-refractivity contribution >= 4 is 35.2 Å². The zero-order valence-corrected chi connectivity index (χ0v) is 21.1. The molecular formula is C27H28F3NO4P+. The van der Waals surface area contributed by atoms with Crippen LogP contribution in [0.15, 0.2) is 72.8 Å². The molecule has 0 bridgehead atoms. The van der Waals surface area contributed by atoms with E-state index in [4.69, 9.17) is 4.74 Å². The molecule has 5 nitrogen and oxygen atoms in total. The van der Waals surface area contributed by atoms with Crippen molar-refractivity contribution in [1.29, 1.82) is 0 Å². The summed E-state index contributed by atoms with van der Waals surface area (Å²) in [4.78, 5) is 24.4. The zero-order chi connectivity index (χ0) is 26.5. The Morgan fingerprint density at radius 3 is 1.47 bits per heavy atom. The fourth-order valence-corrected chi connectivity index (χ4v) is 8.24. The Labute approximate surface area is 208 Å². The Morgan fingerprint density at radius 1 is 0.806 bits per heavy atom. The summed E-state index contributed by atoms with van der Waals surface area (Å²) < 4.78 is 46.8. The molecule has 36 heavy (non-hydrogen) atoms. The number of alkyl carbamates (subject to hydrolysis) is 1. The second-order valence-corrected chi connectivity index (χ2v) is 12.9. The molecule has 3 aromatic rings. The van der Waals surface area contributed by atoms with Gasteiger partial charge >= 0.3 is 12.1 Å².